The molecule has 2 rings (SSSR count). The van der Waals surface area contributed by atoms with Crippen LogP contribution in [0, 0.1) is 0 Å². The van der Waals surface area contributed by atoms with E-state index < -0.39 is 0 Å². The first-order valence-electron chi connectivity index (χ1n) is 6.17. The Hall–Kier alpha value is -1.62. The Morgan fingerprint density at radius 2 is 1.95 bits per heavy atom. The van der Waals surface area contributed by atoms with E-state index in [0.29, 0.717) is 5.96 Å². The van der Waals surface area contributed by atoms with Gasteiger partial charge in [0.05, 0.1) is 6.04 Å². The molecule has 5 nitrogen and oxygen atoms in total. The normalized spacial score (nSPS) is 19.2. The number of benzene rings is 1. The average Bonchev–Trinajstić information content (AvgIpc) is 2.78. The van der Waals surface area contributed by atoms with Crippen molar-refractivity contribution < 1.29 is 0 Å². The molecule has 1 unspecified atom stereocenters. The summed E-state index contributed by atoms with van der Waals surface area (Å²) < 4.78 is 0. The van der Waals surface area contributed by atoms with Crippen LogP contribution in [-0.2, 0) is 0 Å². The van der Waals surface area contributed by atoms with Gasteiger partial charge in [-0.1, -0.05) is 0 Å². The first-order chi connectivity index (χ1) is 8.56. The van der Waals surface area contributed by atoms with E-state index in [2.05, 4.69) is 22.0 Å². The van der Waals surface area contributed by atoms with Crippen molar-refractivity contribution in [1.82, 2.24) is 4.90 Å². The van der Waals surface area contributed by atoms with E-state index >= 15 is 0 Å². The molecule has 1 heterocycles. The van der Waals surface area contributed by atoms with Gasteiger partial charge in [0.2, 0.25) is 0 Å². The Balaban J connectivity index is 0.00000180. The summed E-state index contributed by atoms with van der Waals surface area (Å²) in [5.41, 5.74) is 13.5. The van der Waals surface area contributed by atoms with Gasteiger partial charge in [0.1, 0.15) is 0 Å². The zero-order valence-corrected chi connectivity index (χ0v) is 12.2. The SMILES string of the molecule is CN(C)C(N)=NC1CCN(c2ccc(N)cc2)C1.Cl. The lowest BCUT2D eigenvalue weighted by Crippen LogP contribution is -2.32. The summed E-state index contributed by atoms with van der Waals surface area (Å²) in [5, 5.41) is 0. The number of hydrogen-bond acceptors (Lipinski definition) is 3. The predicted molar refractivity (Wildman–Crippen MR) is 84.0 cm³/mol. The maximum absolute atomic E-state index is 5.84. The number of nitrogens with two attached hydrogens (primary N) is 2. The van der Waals surface area contributed by atoms with Gasteiger partial charge in [-0.15, -0.1) is 12.4 Å². The molecule has 1 aliphatic heterocycles. The standard InChI is InChI=1S/C13H21N5.ClH/c1-17(2)13(15)16-11-7-8-18(9-11)12-5-3-10(14)4-6-12;/h3-6,11H,7-9,14H2,1-2H3,(H2,15,16);1H. The highest BCUT2D eigenvalue weighted by Crippen LogP contribution is 2.22. The topological polar surface area (TPSA) is 70.9 Å². The number of guanidine groups is 1. The van der Waals surface area contributed by atoms with E-state index in [9.17, 15) is 0 Å². The predicted octanol–water partition coefficient (Wildman–Crippen LogP) is 1.15. The van der Waals surface area contributed by atoms with Crippen LogP contribution in [0.25, 0.3) is 0 Å². The molecule has 0 spiro atoms. The molecule has 1 aliphatic rings. The molecule has 0 radical (unpaired) electrons. The van der Waals surface area contributed by atoms with Crippen LogP contribution in [0.1, 0.15) is 6.42 Å². The molecule has 1 aromatic rings. The second-order valence-corrected chi connectivity index (χ2v) is 4.86. The van der Waals surface area contributed by atoms with Gasteiger partial charge in [-0.05, 0) is 30.7 Å². The van der Waals surface area contributed by atoms with Gasteiger partial charge in [0, 0.05) is 38.6 Å². The van der Waals surface area contributed by atoms with E-state index in [-0.39, 0.29) is 18.4 Å². The maximum atomic E-state index is 5.84. The molecular weight excluding hydrogens is 262 g/mol. The molecule has 0 bridgehead atoms. The van der Waals surface area contributed by atoms with Crippen molar-refractivity contribution in [3.63, 3.8) is 0 Å². The molecule has 1 aromatic carbocycles. The summed E-state index contributed by atoms with van der Waals surface area (Å²) in [5.74, 6) is 0.596. The fraction of sp³-hybridized carbons (Fsp3) is 0.462. The van der Waals surface area contributed by atoms with Crippen LogP contribution < -0.4 is 16.4 Å². The van der Waals surface area contributed by atoms with Crippen LogP contribution >= 0.6 is 12.4 Å². The molecule has 106 valence electrons. The lowest BCUT2D eigenvalue weighted by molar-refractivity contribution is 0.597. The zero-order valence-electron chi connectivity index (χ0n) is 11.4. The van der Waals surface area contributed by atoms with E-state index in [4.69, 9.17) is 11.5 Å². The summed E-state index contributed by atoms with van der Waals surface area (Å²) >= 11 is 0. The second kappa shape index (κ2) is 6.52. The average molecular weight is 284 g/mol. The Kier molecular flexibility index (Phi) is 5.30. The number of rotatable bonds is 2. The molecule has 6 heteroatoms. The summed E-state index contributed by atoms with van der Waals surface area (Å²) in [4.78, 5) is 8.68. The smallest absolute Gasteiger partial charge is 0.191 e. The van der Waals surface area contributed by atoms with Gasteiger partial charge in [0.15, 0.2) is 5.96 Å². The van der Waals surface area contributed by atoms with E-state index in [1.165, 1.54) is 5.69 Å². The Labute approximate surface area is 120 Å². The summed E-state index contributed by atoms with van der Waals surface area (Å²) in [6.45, 7) is 1.93. The third-order valence-electron chi connectivity index (χ3n) is 3.19. The minimum atomic E-state index is 0. The van der Waals surface area contributed by atoms with Crippen LogP contribution in [0.5, 0.6) is 0 Å². The number of hydrogen-bond donors (Lipinski definition) is 2. The van der Waals surface area contributed by atoms with Crippen molar-refractivity contribution >= 4 is 29.7 Å². The molecule has 19 heavy (non-hydrogen) atoms. The highest BCUT2D eigenvalue weighted by Gasteiger charge is 2.22. The van der Waals surface area contributed by atoms with E-state index in [1.54, 1.807) is 0 Å². The quantitative estimate of drug-likeness (QED) is 0.485. The van der Waals surface area contributed by atoms with Crippen molar-refractivity contribution in [2.24, 2.45) is 10.7 Å². The number of halogens is 1. The molecule has 1 fully saturated rings. The highest BCUT2D eigenvalue weighted by molar-refractivity contribution is 5.85. The Bertz CT molecular complexity index is 429. The lowest BCUT2D eigenvalue weighted by atomic mass is 10.2. The van der Waals surface area contributed by atoms with Crippen molar-refractivity contribution in [1.29, 1.82) is 0 Å². The van der Waals surface area contributed by atoms with E-state index in [0.717, 1.165) is 25.2 Å². The van der Waals surface area contributed by atoms with Gasteiger partial charge in [-0.2, -0.15) is 0 Å². The van der Waals surface area contributed by atoms with Gasteiger partial charge in [-0.3, -0.25) is 0 Å². The van der Waals surface area contributed by atoms with Crippen molar-refractivity contribution in [3.8, 4) is 0 Å². The first-order valence-corrected chi connectivity index (χ1v) is 6.17. The summed E-state index contributed by atoms with van der Waals surface area (Å²) in [6, 6.07) is 8.25. The van der Waals surface area contributed by atoms with Gasteiger partial charge in [0.25, 0.3) is 0 Å². The molecule has 0 saturated carbocycles. The first kappa shape index (κ1) is 15.4. The number of nitrogens with zero attached hydrogens (tertiary/aromatic N) is 3. The number of aliphatic imine (C=N–C) groups is 1. The third-order valence-corrected chi connectivity index (χ3v) is 3.19. The number of nitrogen functional groups attached to an aromatic ring is 1. The molecular formula is C13H22ClN5. The molecule has 0 aliphatic carbocycles. The maximum Gasteiger partial charge on any atom is 0.191 e. The van der Waals surface area contributed by atoms with Crippen LogP contribution in [0.4, 0.5) is 11.4 Å². The zero-order chi connectivity index (χ0) is 13.1. The fourth-order valence-corrected chi connectivity index (χ4v) is 2.07. The van der Waals surface area contributed by atoms with Crippen molar-refractivity contribution in [2.75, 3.05) is 37.8 Å². The minimum Gasteiger partial charge on any atom is -0.399 e. The third kappa shape index (κ3) is 3.92. The molecule has 1 atom stereocenters. The second-order valence-electron chi connectivity index (χ2n) is 4.86. The van der Waals surface area contributed by atoms with Crippen LogP contribution in [0.15, 0.2) is 29.3 Å². The Morgan fingerprint density at radius 3 is 2.53 bits per heavy atom. The van der Waals surface area contributed by atoms with Crippen LogP contribution in [0.2, 0.25) is 0 Å². The summed E-state index contributed by atoms with van der Waals surface area (Å²) in [7, 11) is 3.82. The molecule has 0 aromatic heterocycles. The van der Waals surface area contributed by atoms with Crippen molar-refractivity contribution in [3.05, 3.63) is 24.3 Å². The molecule has 4 N–H and O–H groups in total. The minimum absolute atomic E-state index is 0. The van der Waals surface area contributed by atoms with Crippen LogP contribution in [0.3, 0.4) is 0 Å². The number of anilines is 2. The molecule has 0 amide bonds. The molecule has 1 saturated heterocycles. The van der Waals surface area contributed by atoms with E-state index in [1.807, 2.05) is 31.1 Å². The largest absolute Gasteiger partial charge is 0.399 e. The monoisotopic (exact) mass is 283 g/mol. The van der Waals surface area contributed by atoms with Crippen molar-refractivity contribution in [2.45, 2.75) is 12.5 Å². The highest BCUT2D eigenvalue weighted by atomic mass is 35.5. The van der Waals surface area contributed by atoms with Gasteiger partial charge in [-0.25, -0.2) is 4.99 Å². The van der Waals surface area contributed by atoms with Gasteiger partial charge < -0.3 is 21.3 Å². The Morgan fingerprint density at radius 1 is 1.32 bits per heavy atom. The van der Waals surface area contributed by atoms with Crippen LogP contribution in [-0.4, -0.2) is 44.1 Å². The fourth-order valence-electron chi connectivity index (χ4n) is 2.07. The summed E-state index contributed by atoms with van der Waals surface area (Å²) in [6.07, 6.45) is 1.04. The van der Waals surface area contributed by atoms with Gasteiger partial charge >= 0.3 is 0 Å². The lowest BCUT2D eigenvalue weighted by Gasteiger charge is -2.18.